The van der Waals surface area contributed by atoms with Crippen molar-refractivity contribution < 1.29 is 9.59 Å². The van der Waals surface area contributed by atoms with Gasteiger partial charge >= 0.3 is 0 Å². The number of carbonyl (C=O) groups excluding carboxylic acids is 2. The number of anilines is 1. The summed E-state index contributed by atoms with van der Waals surface area (Å²) < 4.78 is 0. The molecule has 0 unspecified atom stereocenters. The van der Waals surface area contributed by atoms with E-state index in [0.29, 0.717) is 24.3 Å². The zero-order valence-corrected chi connectivity index (χ0v) is 16.5. The smallest absolute Gasteiger partial charge is 0.253 e. The van der Waals surface area contributed by atoms with Gasteiger partial charge in [0.25, 0.3) is 5.91 Å². The van der Waals surface area contributed by atoms with Crippen molar-refractivity contribution in [3.8, 4) is 0 Å². The van der Waals surface area contributed by atoms with Crippen LogP contribution in [0.2, 0.25) is 0 Å². The van der Waals surface area contributed by atoms with E-state index < -0.39 is 0 Å². The molecule has 0 aliphatic rings. The fraction of sp³-hybridized carbons (Fsp3) is 0.182. The first-order valence-electron chi connectivity index (χ1n) is 9.02. The van der Waals surface area contributed by atoms with Crippen LogP contribution in [0.25, 0.3) is 0 Å². The SMILES string of the molecule is CN(CC(=O)Nc1ccccc1C(=O)NCc1ccccc1)Cc1ccsc1. The molecule has 0 saturated heterocycles. The summed E-state index contributed by atoms with van der Waals surface area (Å²) in [6.45, 7) is 1.39. The number of amides is 2. The van der Waals surface area contributed by atoms with E-state index in [1.54, 1.807) is 35.6 Å². The Hall–Kier alpha value is -2.96. The summed E-state index contributed by atoms with van der Waals surface area (Å²) in [6.07, 6.45) is 0. The molecule has 2 aromatic carbocycles. The third kappa shape index (κ3) is 5.77. The maximum absolute atomic E-state index is 12.6. The van der Waals surface area contributed by atoms with Crippen LogP contribution in [0.5, 0.6) is 0 Å². The first-order valence-corrected chi connectivity index (χ1v) is 9.97. The Morgan fingerprint density at radius 3 is 2.46 bits per heavy atom. The summed E-state index contributed by atoms with van der Waals surface area (Å²) >= 11 is 1.64. The van der Waals surface area contributed by atoms with Gasteiger partial charge in [-0.15, -0.1) is 0 Å². The van der Waals surface area contributed by atoms with Crippen molar-refractivity contribution in [2.45, 2.75) is 13.1 Å². The van der Waals surface area contributed by atoms with Gasteiger partial charge in [-0.2, -0.15) is 11.3 Å². The van der Waals surface area contributed by atoms with Crippen LogP contribution in [-0.4, -0.2) is 30.3 Å². The zero-order chi connectivity index (χ0) is 19.8. The molecule has 0 spiro atoms. The predicted octanol–water partition coefficient (Wildman–Crippen LogP) is 3.75. The molecule has 0 radical (unpaired) electrons. The van der Waals surface area contributed by atoms with Gasteiger partial charge in [0.1, 0.15) is 0 Å². The minimum absolute atomic E-state index is 0.152. The molecule has 0 aliphatic heterocycles. The molecule has 0 aliphatic carbocycles. The lowest BCUT2D eigenvalue weighted by Gasteiger charge is -2.16. The fourth-order valence-electron chi connectivity index (χ4n) is 2.85. The van der Waals surface area contributed by atoms with Gasteiger partial charge in [0.2, 0.25) is 5.91 Å². The maximum atomic E-state index is 12.6. The Balaban J connectivity index is 1.58. The zero-order valence-electron chi connectivity index (χ0n) is 15.7. The van der Waals surface area contributed by atoms with Crippen LogP contribution in [0.4, 0.5) is 5.69 Å². The lowest BCUT2D eigenvalue weighted by molar-refractivity contribution is -0.117. The highest BCUT2D eigenvalue weighted by atomic mass is 32.1. The molecule has 1 heterocycles. The Morgan fingerprint density at radius 2 is 1.71 bits per heavy atom. The first kappa shape index (κ1) is 19.8. The number of rotatable bonds is 8. The van der Waals surface area contributed by atoms with Gasteiger partial charge in [0, 0.05) is 13.1 Å². The third-order valence-electron chi connectivity index (χ3n) is 4.19. The number of para-hydroxylation sites is 1. The average molecular weight is 394 g/mol. The number of hydrogen-bond donors (Lipinski definition) is 2. The van der Waals surface area contributed by atoms with E-state index in [0.717, 1.165) is 5.56 Å². The van der Waals surface area contributed by atoms with Crippen molar-refractivity contribution >= 4 is 28.8 Å². The quantitative estimate of drug-likeness (QED) is 0.613. The van der Waals surface area contributed by atoms with Crippen LogP contribution in [0.1, 0.15) is 21.5 Å². The molecule has 28 heavy (non-hydrogen) atoms. The largest absolute Gasteiger partial charge is 0.348 e. The Morgan fingerprint density at radius 1 is 0.964 bits per heavy atom. The minimum Gasteiger partial charge on any atom is -0.348 e. The van der Waals surface area contributed by atoms with Crippen LogP contribution >= 0.6 is 11.3 Å². The van der Waals surface area contributed by atoms with Gasteiger partial charge in [0.05, 0.1) is 17.8 Å². The monoisotopic (exact) mass is 393 g/mol. The molecule has 2 amide bonds. The van der Waals surface area contributed by atoms with Crippen LogP contribution in [0.3, 0.4) is 0 Å². The van der Waals surface area contributed by atoms with Gasteiger partial charge in [-0.05, 0) is 47.1 Å². The van der Waals surface area contributed by atoms with E-state index in [1.165, 1.54) is 5.56 Å². The second-order valence-corrected chi connectivity index (χ2v) is 7.35. The number of thiophene rings is 1. The number of nitrogens with zero attached hydrogens (tertiary/aromatic N) is 1. The highest BCUT2D eigenvalue weighted by Crippen LogP contribution is 2.15. The van der Waals surface area contributed by atoms with Crippen LogP contribution in [0.15, 0.2) is 71.4 Å². The normalized spacial score (nSPS) is 10.6. The Kier molecular flexibility index (Phi) is 6.94. The summed E-state index contributed by atoms with van der Waals surface area (Å²) in [6, 6.07) is 18.8. The van der Waals surface area contributed by atoms with E-state index in [1.807, 2.05) is 53.7 Å². The average Bonchev–Trinajstić information content (AvgIpc) is 3.20. The lowest BCUT2D eigenvalue weighted by atomic mass is 10.1. The van der Waals surface area contributed by atoms with E-state index in [-0.39, 0.29) is 18.4 Å². The fourth-order valence-corrected chi connectivity index (χ4v) is 3.51. The third-order valence-corrected chi connectivity index (χ3v) is 4.92. The van der Waals surface area contributed by atoms with Crippen molar-refractivity contribution in [2.24, 2.45) is 0 Å². The molecule has 0 fully saturated rings. The van der Waals surface area contributed by atoms with Crippen molar-refractivity contribution in [3.05, 3.63) is 88.1 Å². The van der Waals surface area contributed by atoms with Crippen LogP contribution in [-0.2, 0) is 17.9 Å². The summed E-state index contributed by atoms with van der Waals surface area (Å²) in [5.74, 6) is -0.368. The Labute approximate surface area is 169 Å². The second kappa shape index (κ2) is 9.82. The molecule has 3 rings (SSSR count). The molecule has 5 nitrogen and oxygen atoms in total. The highest BCUT2D eigenvalue weighted by Gasteiger charge is 2.14. The number of carbonyl (C=O) groups is 2. The van der Waals surface area contributed by atoms with Crippen molar-refractivity contribution in [1.82, 2.24) is 10.2 Å². The lowest BCUT2D eigenvalue weighted by Crippen LogP contribution is -2.31. The number of likely N-dealkylation sites (N-methyl/N-ethyl adjacent to an activating group) is 1. The molecule has 3 aromatic rings. The van der Waals surface area contributed by atoms with Gasteiger partial charge in [0.15, 0.2) is 0 Å². The van der Waals surface area contributed by atoms with E-state index in [9.17, 15) is 9.59 Å². The predicted molar refractivity (Wildman–Crippen MR) is 113 cm³/mol. The van der Waals surface area contributed by atoms with E-state index in [2.05, 4.69) is 16.0 Å². The summed E-state index contributed by atoms with van der Waals surface area (Å²) in [5.41, 5.74) is 3.17. The van der Waals surface area contributed by atoms with Gasteiger partial charge in [-0.1, -0.05) is 42.5 Å². The molecule has 6 heteroatoms. The Bertz CT molecular complexity index is 911. The van der Waals surface area contributed by atoms with Crippen LogP contribution in [0, 0.1) is 0 Å². The van der Waals surface area contributed by atoms with Gasteiger partial charge in [-0.25, -0.2) is 0 Å². The molecule has 1 aromatic heterocycles. The second-order valence-electron chi connectivity index (χ2n) is 6.57. The van der Waals surface area contributed by atoms with E-state index >= 15 is 0 Å². The molecule has 0 bridgehead atoms. The standard InChI is InChI=1S/C22H23N3O2S/c1-25(14-18-11-12-28-16-18)15-21(26)24-20-10-6-5-9-19(20)22(27)23-13-17-7-3-2-4-8-17/h2-12,16H,13-15H2,1H3,(H,23,27)(H,24,26). The maximum Gasteiger partial charge on any atom is 0.253 e. The number of benzene rings is 2. The molecule has 0 atom stereocenters. The molecular formula is C22H23N3O2S. The van der Waals surface area contributed by atoms with Crippen molar-refractivity contribution in [3.63, 3.8) is 0 Å². The number of hydrogen-bond acceptors (Lipinski definition) is 4. The molecule has 0 saturated carbocycles. The number of nitrogens with one attached hydrogen (secondary N) is 2. The van der Waals surface area contributed by atoms with E-state index in [4.69, 9.17) is 0 Å². The highest BCUT2D eigenvalue weighted by molar-refractivity contribution is 7.07. The first-order chi connectivity index (χ1) is 13.6. The minimum atomic E-state index is -0.216. The van der Waals surface area contributed by atoms with Gasteiger partial charge < -0.3 is 10.6 Å². The molecule has 2 N–H and O–H groups in total. The molecule has 144 valence electrons. The summed E-state index contributed by atoms with van der Waals surface area (Å²) in [5, 5.41) is 9.85. The molecular weight excluding hydrogens is 370 g/mol. The van der Waals surface area contributed by atoms with Crippen molar-refractivity contribution in [2.75, 3.05) is 18.9 Å². The van der Waals surface area contributed by atoms with Gasteiger partial charge in [-0.3, -0.25) is 14.5 Å². The van der Waals surface area contributed by atoms with Crippen molar-refractivity contribution in [1.29, 1.82) is 0 Å². The van der Waals surface area contributed by atoms with Crippen LogP contribution < -0.4 is 10.6 Å². The summed E-state index contributed by atoms with van der Waals surface area (Å²) in [7, 11) is 1.90. The topological polar surface area (TPSA) is 61.4 Å². The summed E-state index contributed by atoms with van der Waals surface area (Å²) in [4.78, 5) is 26.9.